The van der Waals surface area contributed by atoms with Crippen LogP contribution in [0.3, 0.4) is 0 Å². The number of halogens is 2. The van der Waals surface area contributed by atoms with E-state index in [0.717, 1.165) is 12.8 Å². The number of alkyl halides is 2. The van der Waals surface area contributed by atoms with Gasteiger partial charge < -0.3 is 4.74 Å². The smallest absolute Gasteiger partial charge is 0.261 e. The second-order valence-electron chi connectivity index (χ2n) is 3.43. The third-order valence-corrected chi connectivity index (χ3v) is 2.32. The summed E-state index contributed by atoms with van der Waals surface area (Å²) in [5.41, 5.74) is 0. The van der Waals surface area contributed by atoms with E-state index in [9.17, 15) is 8.78 Å². The summed E-state index contributed by atoms with van der Waals surface area (Å²) in [6, 6.07) is 0. The van der Waals surface area contributed by atoms with Crippen LogP contribution in [0.4, 0.5) is 8.78 Å². The Morgan fingerprint density at radius 3 is 2.42 bits per heavy atom. The molecule has 0 amide bonds. The summed E-state index contributed by atoms with van der Waals surface area (Å²) in [4.78, 5) is 0. The van der Waals surface area contributed by atoms with E-state index in [-0.39, 0.29) is 0 Å². The maximum Gasteiger partial charge on any atom is 0.261 e. The van der Waals surface area contributed by atoms with Gasteiger partial charge in [0.1, 0.15) is 6.61 Å². The van der Waals surface area contributed by atoms with Gasteiger partial charge in [-0.15, -0.1) is 0 Å². The van der Waals surface area contributed by atoms with Gasteiger partial charge in [-0.25, -0.2) is 8.78 Å². The number of rotatable bonds is 4. The Balaban J connectivity index is 1.98. The summed E-state index contributed by atoms with van der Waals surface area (Å²) in [5, 5.41) is 0. The Bertz CT molecular complexity index is 111. The topological polar surface area (TPSA) is 9.23 Å². The quantitative estimate of drug-likeness (QED) is 0.643. The largest absolute Gasteiger partial charge is 0.375 e. The van der Waals surface area contributed by atoms with Gasteiger partial charge in [0.15, 0.2) is 0 Å². The molecule has 1 saturated carbocycles. The maximum absolute atomic E-state index is 11.7. The molecule has 1 aliphatic rings. The Morgan fingerprint density at radius 1 is 1.17 bits per heavy atom. The first-order chi connectivity index (χ1) is 5.79. The molecule has 12 heavy (non-hydrogen) atoms. The first-order valence-electron chi connectivity index (χ1n) is 4.65. The second kappa shape index (κ2) is 5.46. The van der Waals surface area contributed by atoms with Crippen molar-refractivity contribution in [2.75, 3.05) is 13.2 Å². The van der Waals surface area contributed by atoms with Crippen LogP contribution in [0.25, 0.3) is 0 Å². The van der Waals surface area contributed by atoms with Gasteiger partial charge in [0.2, 0.25) is 0 Å². The zero-order valence-corrected chi connectivity index (χ0v) is 7.27. The van der Waals surface area contributed by atoms with E-state index in [1.54, 1.807) is 0 Å². The van der Waals surface area contributed by atoms with E-state index in [2.05, 4.69) is 0 Å². The fourth-order valence-corrected chi connectivity index (χ4v) is 1.68. The molecule has 0 aromatic heterocycles. The molecule has 1 rings (SSSR count). The van der Waals surface area contributed by atoms with Crippen LogP contribution in [0.15, 0.2) is 0 Å². The van der Waals surface area contributed by atoms with Crippen LogP contribution < -0.4 is 0 Å². The second-order valence-corrected chi connectivity index (χ2v) is 3.43. The highest BCUT2D eigenvalue weighted by Crippen LogP contribution is 2.23. The van der Waals surface area contributed by atoms with Gasteiger partial charge in [-0.2, -0.15) is 0 Å². The highest BCUT2D eigenvalue weighted by atomic mass is 19.3. The zero-order valence-electron chi connectivity index (χ0n) is 7.27. The van der Waals surface area contributed by atoms with Crippen molar-refractivity contribution in [1.82, 2.24) is 0 Å². The van der Waals surface area contributed by atoms with Crippen molar-refractivity contribution in [2.45, 2.75) is 38.5 Å². The van der Waals surface area contributed by atoms with Crippen molar-refractivity contribution in [3.05, 3.63) is 0 Å². The van der Waals surface area contributed by atoms with Crippen LogP contribution in [0.5, 0.6) is 0 Å². The molecule has 0 spiro atoms. The van der Waals surface area contributed by atoms with Gasteiger partial charge in [0.25, 0.3) is 6.43 Å². The predicted molar refractivity (Wildman–Crippen MR) is 43.4 cm³/mol. The molecule has 0 heterocycles. The lowest BCUT2D eigenvalue weighted by atomic mass is 9.90. The molecular weight excluding hydrogens is 162 g/mol. The summed E-state index contributed by atoms with van der Waals surface area (Å²) in [6.07, 6.45) is 3.78. The standard InChI is InChI=1S/C9H16F2O/c10-9(11)7-12-6-8-4-2-1-3-5-8/h8-9H,1-7H2. The molecule has 0 N–H and O–H groups in total. The van der Waals surface area contributed by atoms with Gasteiger partial charge >= 0.3 is 0 Å². The molecule has 0 atom stereocenters. The third-order valence-electron chi connectivity index (χ3n) is 2.32. The first kappa shape index (κ1) is 9.90. The van der Waals surface area contributed by atoms with Gasteiger partial charge in [0, 0.05) is 6.61 Å². The third kappa shape index (κ3) is 4.00. The lowest BCUT2D eigenvalue weighted by Gasteiger charge is -2.20. The van der Waals surface area contributed by atoms with E-state index in [0.29, 0.717) is 12.5 Å². The van der Waals surface area contributed by atoms with Crippen molar-refractivity contribution < 1.29 is 13.5 Å². The Labute approximate surface area is 72.1 Å². The predicted octanol–water partition coefficient (Wildman–Crippen LogP) is 2.85. The number of ether oxygens (including phenoxy) is 1. The summed E-state index contributed by atoms with van der Waals surface area (Å²) in [6.45, 7) is 0.140. The minimum absolute atomic E-state index is 0.392. The molecule has 0 saturated heterocycles. The van der Waals surface area contributed by atoms with Crippen LogP contribution in [0.1, 0.15) is 32.1 Å². The summed E-state index contributed by atoms with van der Waals surface area (Å²) in [7, 11) is 0. The van der Waals surface area contributed by atoms with Gasteiger partial charge in [-0.05, 0) is 18.8 Å². The minimum Gasteiger partial charge on any atom is -0.375 e. The Hall–Kier alpha value is -0.180. The molecule has 1 nitrogen and oxygen atoms in total. The first-order valence-corrected chi connectivity index (χ1v) is 4.65. The van der Waals surface area contributed by atoms with Crippen LogP contribution in [-0.2, 0) is 4.74 Å². The number of hydrogen-bond donors (Lipinski definition) is 0. The molecule has 1 fully saturated rings. The zero-order chi connectivity index (χ0) is 8.81. The molecule has 0 bridgehead atoms. The van der Waals surface area contributed by atoms with E-state index >= 15 is 0 Å². The molecule has 0 unspecified atom stereocenters. The summed E-state index contributed by atoms with van der Waals surface area (Å²) >= 11 is 0. The highest BCUT2D eigenvalue weighted by molar-refractivity contribution is 4.64. The lowest BCUT2D eigenvalue weighted by molar-refractivity contribution is -0.000714. The van der Waals surface area contributed by atoms with Crippen LogP contribution in [-0.4, -0.2) is 19.6 Å². The fourth-order valence-electron chi connectivity index (χ4n) is 1.68. The summed E-state index contributed by atoms with van der Waals surface area (Å²) in [5.74, 6) is 0.539. The molecule has 72 valence electrons. The van der Waals surface area contributed by atoms with Crippen LogP contribution in [0.2, 0.25) is 0 Å². The Kier molecular flexibility index (Phi) is 4.51. The summed E-state index contributed by atoms with van der Waals surface area (Å²) < 4.78 is 28.2. The molecule has 0 radical (unpaired) electrons. The SMILES string of the molecule is FC(F)COCC1CCCCC1. The van der Waals surface area contributed by atoms with Gasteiger partial charge in [0.05, 0.1) is 0 Å². The molecule has 0 aromatic carbocycles. The lowest BCUT2D eigenvalue weighted by Crippen LogP contribution is -2.15. The fraction of sp³-hybridized carbons (Fsp3) is 1.00. The van der Waals surface area contributed by atoms with Crippen molar-refractivity contribution in [2.24, 2.45) is 5.92 Å². The van der Waals surface area contributed by atoms with Crippen LogP contribution >= 0.6 is 0 Å². The van der Waals surface area contributed by atoms with E-state index in [4.69, 9.17) is 4.74 Å². The highest BCUT2D eigenvalue weighted by Gasteiger charge is 2.14. The molecule has 0 aliphatic heterocycles. The van der Waals surface area contributed by atoms with Crippen molar-refractivity contribution in [1.29, 1.82) is 0 Å². The van der Waals surface area contributed by atoms with Crippen molar-refractivity contribution in [3.63, 3.8) is 0 Å². The average molecular weight is 178 g/mol. The molecule has 1 aliphatic carbocycles. The minimum atomic E-state index is -2.31. The van der Waals surface area contributed by atoms with Crippen molar-refractivity contribution >= 4 is 0 Å². The van der Waals surface area contributed by atoms with Gasteiger partial charge in [-0.3, -0.25) is 0 Å². The molecule has 0 aromatic rings. The Morgan fingerprint density at radius 2 is 1.83 bits per heavy atom. The van der Waals surface area contributed by atoms with E-state index < -0.39 is 13.0 Å². The average Bonchev–Trinajstić information content (AvgIpc) is 2.05. The molecule has 3 heteroatoms. The normalized spacial score (nSPS) is 20.2. The van der Waals surface area contributed by atoms with Gasteiger partial charge in [-0.1, -0.05) is 19.3 Å². The van der Waals surface area contributed by atoms with Crippen LogP contribution in [0, 0.1) is 5.92 Å². The maximum atomic E-state index is 11.7. The van der Waals surface area contributed by atoms with E-state index in [1.165, 1.54) is 19.3 Å². The monoisotopic (exact) mass is 178 g/mol. The van der Waals surface area contributed by atoms with E-state index in [1.807, 2.05) is 0 Å². The molecular formula is C9H16F2O. The number of hydrogen-bond acceptors (Lipinski definition) is 1. The van der Waals surface area contributed by atoms with Crippen molar-refractivity contribution in [3.8, 4) is 0 Å².